The molecule has 6 heteroatoms. The van der Waals surface area contributed by atoms with Crippen LogP contribution < -0.4 is 9.47 Å². The van der Waals surface area contributed by atoms with E-state index in [4.69, 9.17) is 14.6 Å². The van der Waals surface area contributed by atoms with E-state index in [0.717, 1.165) is 0 Å². The maximum absolute atomic E-state index is 13.7. The van der Waals surface area contributed by atoms with Crippen LogP contribution in [0.4, 0.5) is 4.39 Å². The molecule has 3 rings (SSSR count). The Bertz CT molecular complexity index is 735. The number of ether oxygens (including phenoxy) is 2. The van der Waals surface area contributed by atoms with Gasteiger partial charge in [0.1, 0.15) is 25.3 Å². The molecule has 2 aliphatic rings. The highest BCUT2D eigenvalue weighted by molar-refractivity contribution is 5.99. The molecule has 0 radical (unpaired) electrons. The van der Waals surface area contributed by atoms with E-state index in [-0.39, 0.29) is 5.78 Å². The van der Waals surface area contributed by atoms with Crippen LogP contribution in [0.25, 0.3) is 5.57 Å². The zero-order chi connectivity index (χ0) is 16.6. The molecule has 0 spiro atoms. The Balaban J connectivity index is 2.08. The Morgan fingerprint density at radius 3 is 2.70 bits per heavy atom. The lowest BCUT2D eigenvalue weighted by Gasteiger charge is -2.23. The fourth-order valence-electron chi connectivity index (χ4n) is 2.64. The third-order valence-electron chi connectivity index (χ3n) is 3.80. The summed E-state index contributed by atoms with van der Waals surface area (Å²) in [6.45, 7) is 2.15. The Morgan fingerprint density at radius 1 is 1.26 bits per heavy atom. The average molecular weight is 318 g/mol. The molecule has 2 atom stereocenters. The second-order valence-electron chi connectivity index (χ2n) is 5.39. The van der Waals surface area contributed by atoms with Gasteiger partial charge in [-0.25, -0.2) is 4.39 Å². The number of alkyl halides is 1. The summed E-state index contributed by atoms with van der Waals surface area (Å²) in [5, 5.41) is 9.09. The number of hydrogen-bond acceptors (Lipinski definition) is 4. The van der Waals surface area contributed by atoms with Crippen molar-refractivity contribution >= 4 is 17.3 Å². The molecule has 0 bridgehead atoms. The summed E-state index contributed by atoms with van der Waals surface area (Å²) in [6.07, 6.45) is 2.50. The third-order valence-corrected chi connectivity index (χ3v) is 3.80. The summed E-state index contributed by atoms with van der Waals surface area (Å²) in [5.74, 6) is -1.84. The lowest BCUT2D eigenvalue weighted by atomic mass is 9.90. The normalized spacial score (nSPS) is 22.4. The predicted octanol–water partition coefficient (Wildman–Crippen LogP) is 2.65. The van der Waals surface area contributed by atoms with Gasteiger partial charge in [-0.15, -0.1) is 0 Å². The van der Waals surface area contributed by atoms with Gasteiger partial charge < -0.3 is 14.6 Å². The number of rotatable bonds is 3. The first-order chi connectivity index (χ1) is 11.0. The van der Waals surface area contributed by atoms with Crippen LogP contribution in [-0.2, 0) is 4.79 Å². The minimum atomic E-state index is -1.57. The molecule has 1 N–H and O–H groups in total. The van der Waals surface area contributed by atoms with Crippen molar-refractivity contribution in [3.8, 4) is 11.5 Å². The van der Waals surface area contributed by atoms with Gasteiger partial charge in [-0.3, -0.25) is 9.59 Å². The molecule has 1 aromatic carbocycles. The lowest BCUT2D eigenvalue weighted by Crippen LogP contribution is -2.23. The number of benzene rings is 1. The van der Waals surface area contributed by atoms with E-state index in [1.807, 2.05) is 0 Å². The van der Waals surface area contributed by atoms with E-state index in [1.165, 1.54) is 25.2 Å². The summed E-state index contributed by atoms with van der Waals surface area (Å²) in [6, 6.07) is 3.29. The summed E-state index contributed by atoms with van der Waals surface area (Å²) in [7, 11) is 0. The third kappa shape index (κ3) is 2.84. The SMILES string of the molecule is CC(=O)c1cc(C2=CC(C(=O)O)C(F)C=C2)cc2c1OCCO2. The molecule has 1 aromatic rings. The van der Waals surface area contributed by atoms with Gasteiger partial charge in [0, 0.05) is 0 Å². The highest BCUT2D eigenvalue weighted by Gasteiger charge is 2.28. The highest BCUT2D eigenvalue weighted by atomic mass is 19.1. The van der Waals surface area contributed by atoms with E-state index in [1.54, 1.807) is 12.1 Å². The van der Waals surface area contributed by atoms with Gasteiger partial charge in [0.2, 0.25) is 0 Å². The highest BCUT2D eigenvalue weighted by Crippen LogP contribution is 2.38. The number of carbonyl (C=O) groups is 2. The quantitative estimate of drug-likeness (QED) is 0.867. The Morgan fingerprint density at radius 2 is 2.00 bits per heavy atom. The molecular weight excluding hydrogens is 303 g/mol. The van der Waals surface area contributed by atoms with Gasteiger partial charge in [-0.1, -0.05) is 12.2 Å². The van der Waals surface area contributed by atoms with Crippen LogP contribution >= 0.6 is 0 Å². The minimum absolute atomic E-state index is 0.188. The average Bonchev–Trinajstić information content (AvgIpc) is 2.53. The molecule has 2 unspecified atom stereocenters. The summed E-state index contributed by atoms with van der Waals surface area (Å²) < 4.78 is 24.7. The van der Waals surface area contributed by atoms with Gasteiger partial charge in [0.05, 0.1) is 5.56 Å². The molecule has 0 saturated carbocycles. The first kappa shape index (κ1) is 15.3. The van der Waals surface area contributed by atoms with Gasteiger partial charge in [-0.2, -0.15) is 0 Å². The van der Waals surface area contributed by atoms with Crippen molar-refractivity contribution in [1.82, 2.24) is 0 Å². The zero-order valence-corrected chi connectivity index (χ0v) is 12.4. The van der Waals surface area contributed by atoms with Crippen LogP contribution in [0.5, 0.6) is 11.5 Å². The lowest BCUT2D eigenvalue weighted by molar-refractivity contribution is -0.141. The first-order valence-corrected chi connectivity index (χ1v) is 7.19. The molecule has 1 aliphatic carbocycles. The fraction of sp³-hybridized carbons (Fsp3) is 0.294. The Kier molecular flexibility index (Phi) is 3.90. The predicted molar refractivity (Wildman–Crippen MR) is 80.6 cm³/mol. The van der Waals surface area contributed by atoms with Crippen LogP contribution in [0.1, 0.15) is 22.8 Å². The van der Waals surface area contributed by atoms with Gasteiger partial charge in [0.25, 0.3) is 0 Å². The van der Waals surface area contributed by atoms with Crippen molar-refractivity contribution < 1.29 is 28.6 Å². The smallest absolute Gasteiger partial charge is 0.313 e. The summed E-state index contributed by atoms with van der Waals surface area (Å²) >= 11 is 0. The second kappa shape index (κ2) is 5.87. The molecule has 1 aliphatic heterocycles. The van der Waals surface area contributed by atoms with Gasteiger partial charge >= 0.3 is 5.97 Å². The topological polar surface area (TPSA) is 72.8 Å². The molecule has 120 valence electrons. The van der Waals surface area contributed by atoms with Gasteiger partial charge in [0.15, 0.2) is 17.3 Å². The molecule has 0 saturated heterocycles. The number of halogens is 1. The monoisotopic (exact) mass is 318 g/mol. The van der Waals surface area contributed by atoms with E-state index in [2.05, 4.69) is 0 Å². The van der Waals surface area contributed by atoms with Crippen molar-refractivity contribution in [2.75, 3.05) is 13.2 Å². The maximum atomic E-state index is 13.7. The molecule has 1 heterocycles. The maximum Gasteiger partial charge on any atom is 0.313 e. The van der Waals surface area contributed by atoms with Crippen LogP contribution in [-0.4, -0.2) is 36.2 Å². The van der Waals surface area contributed by atoms with E-state index >= 15 is 0 Å². The number of fused-ring (bicyclic) bond motifs is 1. The van der Waals surface area contributed by atoms with Gasteiger partial charge in [-0.05, 0) is 36.3 Å². The van der Waals surface area contributed by atoms with Crippen molar-refractivity contribution in [3.05, 3.63) is 41.5 Å². The number of carboxylic acids is 1. The first-order valence-electron chi connectivity index (χ1n) is 7.19. The van der Waals surface area contributed by atoms with Crippen molar-refractivity contribution in [2.24, 2.45) is 5.92 Å². The van der Waals surface area contributed by atoms with Crippen molar-refractivity contribution in [2.45, 2.75) is 13.1 Å². The zero-order valence-electron chi connectivity index (χ0n) is 12.4. The number of ketones is 1. The molecular formula is C17H15FO5. The van der Waals surface area contributed by atoms with Crippen LogP contribution in [0.3, 0.4) is 0 Å². The number of hydrogen-bond donors (Lipinski definition) is 1. The van der Waals surface area contributed by atoms with Crippen LogP contribution in [0.15, 0.2) is 30.4 Å². The molecule has 0 aromatic heterocycles. The van der Waals surface area contributed by atoms with Crippen LogP contribution in [0.2, 0.25) is 0 Å². The molecule has 0 fully saturated rings. The second-order valence-corrected chi connectivity index (χ2v) is 5.39. The van der Waals surface area contributed by atoms with E-state index < -0.39 is 18.1 Å². The van der Waals surface area contributed by atoms with E-state index in [9.17, 15) is 14.0 Å². The molecule has 5 nitrogen and oxygen atoms in total. The molecule has 23 heavy (non-hydrogen) atoms. The number of aliphatic carboxylic acids is 1. The molecule has 0 amide bonds. The Hall–Kier alpha value is -2.63. The number of allylic oxidation sites excluding steroid dienone is 3. The standard InChI is InChI=1S/C17H15FO5/c1-9(19)12-7-11(8-15-16(12)23-5-4-22-15)10-2-3-14(18)13(6-10)17(20)21/h2-3,6-8,13-14H,4-5H2,1H3,(H,20,21). The summed E-state index contributed by atoms with van der Waals surface area (Å²) in [4.78, 5) is 23.0. The number of carbonyl (C=O) groups excluding carboxylic acids is 1. The van der Waals surface area contributed by atoms with Crippen molar-refractivity contribution in [1.29, 1.82) is 0 Å². The van der Waals surface area contributed by atoms with Crippen molar-refractivity contribution in [3.63, 3.8) is 0 Å². The fourth-order valence-corrected chi connectivity index (χ4v) is 2.64. The number of Topliss-reactive ketones (excluding diaryl/α,β-unsaturated/α-hetero) is 1. The largest absolute Gasteiger partial charge is 0.486 e. The minimum Gasteiger partial charge on any atom is -0.486 e. The Labute approximate surface area is 132 Å². The summed E-state index contributed by atoms with van der Waals surface area (Å²) in [5.41, 5.74) is 1.49. The van der Waals surface area contributed by atoms with E-state index in [0.29, 0.717) is 41.4 Å². The number of carboxylic acid groups (broad SMARTS) is 1. The van der Waals surface area contributed by atoms with Crippen LogP contribution in [0, 0.1) is 5.92 Å².